The molecule has 1 saturated heterocycles. The summed E-state index contributed by atoms with van der Waals surface area (Å²) < 4.78 is 5.20. The smallest absolute Gasteiger partial charge is 0.300 e. The lowest BCUT2D eigenvalue weighted by Gasteiger charge is -2.36. The monoisotopic (exact) mass is 461 g/mol. The fraction of sp³-hybridized carbons (Fsp3) is 0.640. The summed E-state index contributed by atoms with van der Waals surface area (Å²) in [5, 5.41) is 17.5. The maximum absolute atomic E-state index is 9.00. The molecule has 8 nitrogen and oxygen atoms in total. The molecule has 1 heterocycles. The average molecular weight is 462 g/mol. The molecule has 1 fully saturated rings. The van der Waals surface area contributed by atoms with Crippen molar-refractivity contribution in [2.75, 3.05) is 13.7 Å². The van der Waals surface area contributed by atoms with Crippen molar-refractivity contribution in [3.05, 3.63) is 29.8 Å². The number of aliphatic carboxylic acids is 1. The number of methoxy groups -OCH3 is 1. The second-order valence-electron chi connectivity index (χ2n) is 8.74. The Morgan fingerprint density at radius 1 is 0.939 bits per heavy atom. The van der Waals surface area contributed by atoms with E-state index in [1.54, 1.807) is 7.11 Å². The second-order valence-corrected chi connectivity index (χ2v) is 8.74. The first-order valence-corrected chi connectivity index (χ1v) is 12.0. The van der Waals surface area contributed by atoms with Crippen LogP contribution in [0.2, 0.25) is 0 Å². The lowest BCUT2D eigenvalue weighted by Crippen LogP contribution is -2.68. The van der Waals surface area contributed by atoms with Gasteiger partial charge in [0.05, 0.1) is 13.7 Å². The van der Waals surface area contributed by atoms with Crippen molar-refractivity contribution in [3.8, 4) is 5.75 Å². The highest BCUT2D eigenvalue weighted by Crippen LogP contribution is 2.12. The first-order valence-electron chi connectivity index (χ1n) is 12.0. The van der Waals surface area contributed by atoms with Gasteiger partial charge in [0.25, 0.3) is 5.97 Å². The van der Waals surface area contributed by atoms with Gasteiger partial charge in [-0.1, -0.05) is 64.0 Å². The summed E-state index contributed by atoms with van der Waals surface area (Å²) in [6.07, 6.45) is 10.5. The van der Waals surface area contributed by atoms with Crippen LogP contribution in [0.25, 0.3) is 0 Å². The summed E-state index contributed by atoms with van der Waals surface area (Å²) in [5.74, 6) is 1.57. The number of carbonyl (C=O) groups is 1. The van der Waals surface area contributed by atoms with Crippen LogP contribution in [0.5, 0.6) is 5.75 Å². The van der Waals surface area contributed by atoms with Crippen molar-refractivity contribution >= 4 is 17.9 Å². The Hall–Kier alpha value is -2.77. The van der Waals surface area contributed by atoms with Gasteiger partial charge in [0.15, 0.2) is 11.9 Å². The zero-order valence-corrected chi connectivity index (χ0v) is 21.0. The maximum Gasteiger partial charge on any atom is 0.300 e. The predicted molar refractivity (Wildman–Crippen MR) is 136 cm³/mol. The topological polar surface area (TPSA) is 107 Å². The van der Waals surface area contributed by atoms with Gasteiger partial charge in [0, 0.05) is 13.5 Å². The van der Waals surface area contributed by atoms with Gasteiger partial charge in [-0.2, -0.15) is 0 Å². The number of aliphatic imine (C=N–C) groups is 2. The quantitative estimate of drug-likeness (QED) is 0.337. The molecule has 33 heavy (non-hydrogen) atoms. The molecule has 0 aromatic heterocycles. The van der Waals surface area contributed by atoms with E-state index in [1.165, 1.54) is 44.9 Å². The molecule has 0 spiro atoms. The minimum absolute atomic E-state index is 0.290. The molecule has 2 rings (SSSR count). The Morgan fingerprint density at radius 3 is 2.00 bits per heavy atom. The number of hydrogen-bond acceptors (Lipinski definition) is 4. The van der Waals surface area contributed by atoms with Gasteiger partial charge in [0.1, 0.15) is 11.4 Å². The third-order valence-electron chi connectivity index (χ3n) is 4.96. The van der Waals surface area contributed by atoms with Crippen LogP contribution in [0.4, 0.5) is 0 Å². The van der Waals surface area contributed by atoms with Crippen molar-refractivity contribution in [3.63, 3.8) is 0 Å². The molecule has 186 valence electrons. The maximum atomic E-state index is 9.00. The minimum atomic E-state index is -0.833. The Kier molecular flexibility index (Phi) is 13.7. The molecule has 0 unspecified atom stereocenters. The normalized spacial score (nSPS) is 16.8. The minimum Gasteiger partial charge on any atom is -0.497 e. The van der Waals surface area contributed by atoms with E-state index < -0.39 is 5.97 Å². The first kappa shape index (κ1) is 28.3. The van der Waals surface area contributed by atoms with Crippen molar-refractivity contribution in [2.24, 2.45) is 9.98 Å². The number of nitrogens with zero attached hydrogens (tertiary/aromatic N) is 2. The number of rotatable bonds is 12. The number of unbranched alkanes of at least 4 members (excludes halogenated alkanes) is 7. The molecular formula is C25H43N5O3. The highest BCUT2D eigenvalue weighted by Gasteiger charge is 2.26. The van der Waals surface area contributed by atoms with E-state index in [4.69, 9.17) is 19.6 Å². The Bertz CT molecular complexity index is 741. The summed E-state index contributed by atoms with van der Waals surface area (Å²) in [4.78, 5) is 18.4. The van der Waals surface area contributed by atoms with E-state index in [0.717, 1.165) is 43.1 Å². The standard InChI is InChI=1S/C23H39N5O.C2H4O2/c1-5-6-7-8-9-10-11-12-17-24-21-26-22(28-23(2,3)27-21)25-18-19-13-15-20(29-4)16-14-19;1-2(3)4/h13-16H,5-12,17-18H2,1-4H3,(H3,24,25,26,27,28);1H3,(H,3,4). The zero-order valence-electron chi connectivity index (χ0n) is 21.0. The largest absolute Gasteiger partial charge is 0.497 e. The van der Waals surface area contributed by atoms with E-state index in [9.17, 15) is 0 Å². The molecular weight excluding hydrogens is 418 g/mol. The highest BCUT2D eigenvalue weighted by molar-refractivity contribution is 6.01. The lowest BCUT2D eigenvalue weighted by molar-refractivity contribution is -0.134. The van der Waals surface area contributed by atoms with Gasteiger partial charge < -0.3 is 20.5 Å². The van der Waals surface area contributed by atoms with Gasteiger partial charge in [-0.15, -0.1) is 0 Å². The summed E-state index contributed by atoms with van der Waals surface area (Å²) >= 11 is 0. The molecule has 0 radical (unpaired) electrons. The van der Waals surface area contributed by atoms with E-state index in [1.807, 2.05) is 24.3 Å². The molecule has 0 aliphatic carbocycles. The zero-order chi connectivity index (χ0) is 24.5. The van der Waals surface area contributed by atoms with Crippen LogP contribution in [0.3, 0.4) is 0 Å². The number of hydrogen-bond donors (Lipinski definition) is 4. The molecule has 0 atom stereocenters. The summed E-state index contributed by atoms with van der Waals surface area (Å²) in [6, 6.07) is 7.98. The third-order valence-corrected chi connectivity index (χ3v) is 4.96. The van der Waals surface area contributed by atoms with Crippen LogP contribution in [-0.2, 0) is 11.3 Å². The molecule has 1 aromatic rings. The lowest BCUT2D eigenvalue weighted by atomic mass is 10.1. The van der Waals surface area contributed by atoms with Crippen LogP contribution >= 0.6 is 0 Å². The average Bonchev–Trinajstić information content (AvgIpc) is 2.75. The summed E-state index contributed by atoms with van der Waals surface area (Å²) in [5.41, 5.74) is 0.845. The summed E-state index contributed by atoms with van der Waals surface area (Å²) in [7, 11) is 1.68. The van der Waals surface area contributed by atoms with Crippen molar-refractivity contribution in [2.45, 2.75) is 91.3 Å². The fourth-order valence-corrected chi connectivity index (χ4v) is 3.29. The van der Waals surface area contributed by atoms with Crippen LogP contribution in [0.1, 0.15) is 84.6 Å². The van der Waals surface area contributed by atoms with Gasteiger partial charge >= 0.3 is 0 Å². The van der Waals surface area contributed by atoms with Gasteiger partial charge in [0.2, 0.25) is 0 Å². The van der Waals surface area contributed by atoms with E-state index >= 15 is 0 Å². The molecule has 1 aromatic carbocycles. The fourth-order valence-electron chi connectivity index (χ4n) is 3.29. The first-order chi connectivity index (χ1) is 15.8. The SMILES string of the molecule is CC(=O)O.CCCCCCCCCCN=C1NC(=NCc2ccc(OC)cc2)NC(C)(C)N1. The number of nitrogens with one attached hydrogen (secondary N) is 3. The second kappa shape index (κ2) is 15.9. The van der Waals surface area contributed by atoms with Crippen molar-refractivity contribution in [1.82, 2.24) is 16.0 Å². The van der Waals surface area contributed by atoms with Crippen molar-refractivity contribution < 1.29 is 14.6 Å². The molecule has 1 aliphatic rings. The molecule has 1 aliphatic heterocycles. The van der Waals surface area contributed by atoms with Gasteiger partial charge in [-0.25, -0.2) is 4.99 Å². The van der Waals surface area contributed by atoms with Crippen LogP contribution in [0.15, 0.2) is 34.3 Å². The number of carboxylic acids is 1. The molecule has 4 N–H and O–H groups in total. The predicted octanol–water partition coefficient (Wildman–Crippen LogP) is 4.66. The Morgan fingerprint density at radius 2 is 1.45 bits per heavy atom. The third kappa shape index (κ3) is 14.1. The summed E-state index contributed by atoms with van der Waals surface area (Å²) in [6.45, 7) is 8.95. The van der Waals surface area contributed by atoms with Crippen LogP contribution in [0, 0.1) is 0 Å². The van der Waals surface area contributed by atoms with Gasteiger partial charge in [-0.05, 0) is 38.0 Å². The van der Waals surface area contributed by atoms with Crippen LogP contribution < -0.4 is 20.7 Å². The molecule has 0 saturated carbocycles. The van der Waals surface area contributed by atoms with Gasteiger partial charge in [-0.3, -0.25) is 15.1 Å². The van der Waals surface area contributed by atoms with Crippen LogP contribution in [-0.4, -0.2) is 42.3 Å². The molecule has 0 bridgehead atoms. The van der Waals surface area contributed by atoms with E-state index in [-0.39, 0.29) is 5.66 Å². The van der Waals surface area contributed by atoms with E-state index in [2.05, 4.69) is 41.7 Å². The Balaban J connectivity index is 0.00000125. The number of carboxylic acid groups (broad SMARTS) is 1. The van der Waals surface area contributed by atoms with Crippen molar-refractivity contribution in [1.29, 1.82) is 0 Å². The van der Waals surface area contributed by atoms with E-state index in [0.29, 0.717) is 6.54 Å². The molecule has 0 amide bonds. The Labute approximate surface area is 199 Å². The highest BCUT2D eigenvalue weighted by atomic mass is 16.5. The molecule has 8 heteroatoms. The number of guanidine groups is 2. The number of benzene rings is 1. The number of ether oxygens (including phenoxy) is 1.